The van der Waals surface area contributed by atoms with Gasteiger partial charge in [0.05, 0.1) is 0 Å². The second-order valence-electron chi connectivity index (χ2n) is 7.66. The molecule has 1 aromatic heterocycles. The number of carbonyl (C=O) groups excluding carboxylic acids is 1. The molecule has 1 N–H and O–H groups in total. The van der Waals surface area contributed by atoms with Gasteiger partial charge in [0.2, 0.25) is 5.89 Å². The van der Waals surface area contributed by atoms with Gasteiger partial charge in [-0.2, -0.15) is 0 Å². The molecule has 0 bridgehead atoms. The first-order chi connectivity index (χ1) is 16.2. The summed E-state index contributed by atoms with van der Waals surface area (Å²) >= 11 is 0. The van der Waals surface area contributed by atoms with Gasteiger partial charge in [-0.1, -0.05) is 54.6 Å². The molecule has 162 valence electrons. The summed E-state index contributed by atoms with van der Waals surface area (Å²) in [6.45, 7) is 0.921. The highest BCUT2D eigenvalue weighted by Crippen LogP contribution is 2.24. The van der Waals surface area contributed by atoms with Crippen molar-refractivity contribution >= 4 is 17.0 Å². The first-order valence-electron chi connectivity index (χ1n) is 10.7. The number of benzene rings is 4. The maximum Gasteiger partial charge on any atom is 0.251 e. The van der Waals surface area contributed by atoms with Crippen LogP contribution in [-0.4, -0.2) is 10.9 Å². The zero-order chi connectivity index (χ0) is 22.5. The van der Waals surface area contributed by atoms with Gasteiger partial charge in [0, 0.05) is 17.7 Å². The van der Waals surface area contributed by atoms with Gasteiger partial charge in [-0.25, -0.2) is 4.98 Å². The molecular formula is C28H22N2O3. The van der Waals surface area contributed by atoms with Crippen molar-refractivity contribution in [2.75, 3.05) is 0 Å². The van der Waals surface area contributed by atoms with Gasteiger partial charge in [-0.05, 0) is 59.7 Å². The molecule has 5 rings (SSSR count). The molecule has 1 amide bonds. The Bertz CT molecular complexity index is 1330. The Balaban J connectivity index is 1.16. The van der Waals surface area contributed by atoms with Gasteiger partial charge < -0.3 is 14.5 Å². The Morgan fingerprint density at radius 1 is 0.788 bits per heavy atom. The van der Waals surface area contributed by atoms with Crippen LogP contribution in [-0.2, 0) is 13.2 Å². The first-order valence-corrected chi connectivity index (χ1v) is 10.7. The average Bonchev–Trinajstić information content (AvgIpc) is 3.32. The number of amides is 1. The predicted molar refractivity (Wildman–Crippen MR) is 128 cm³/mol. The van der Waals surface area contributed by atoms with Crippen molar-refractivity contribution in [2.45, 2.75) is 13.2 Å². The normalized spacial score (nSPS) is 10.8. The van der Waals surface area contributed by atoms with E-state index in [1.165, 1.54) is 0 Å². The van der Waals surface area contributed by atoms with Crippen LogP contribution in [0.5, 0.6) is 5.75 Å². The zero-order valence-corrected chi connectivity index (χ0v) is 17.9. The molecule has 0 spiro atoms. The van der Waals surface area contributed by atoms with Crippen molar-refractivity contribution < 1.29 is 13.9 Å². The van der Waals surface area contributed by atoms with Crippen LogP contribution in [0.4, 0.5) is 0 Å². The van der Waals surface area contributed by atoms with E-state index < -0.39 is 0 Å². The van der Waals surface area contributed by atoms with Crippen LogP contribution in [0.3, 0.4) is 0 Å². The Hall–Kier alpha value is -4.38. The third-order valence-corrected chi connectivity index (χ3v) is 5.31. The molecule has 5 nitrogen and oxygen atoms in total. The summed E-state index contributed by atoms with van der Waals surface area (Å²) in [5.41, 5.74) is 5.17. The van der Waals surface area contributed by atoms with E-state index in [1.54, 1.807) is 12.1 Å². The number of hydrogen-bond donors (Lipinski definition) is 1. The number of rotatable bonds is 7. The van der Waals surface area contributed by atoms with E-state index in [4.69, 9.17) is 9.15 Å². The van der Waals surface area contributed by atoms with E-state index in [9.17, 15) is 4.79 Å². The summed E-state index contributed by atoms with van der Waals surface area (Å²) in [5.74, 6) is 1.18. The molecule has 0 aliphatic heterocycles. The Labute approximate surface area is 191 Å². The molecule has 33 heavy (non-hydrogen) atoms. The largest absolute Gasteiger partial charge is 0.489 e. The van der Waals surface area contributed by atoms with Crippen LogP contribution in [0.15, 0.2) is 108 Å². The number of hydrogen-bond acceptors (Lipinski definition) is 4. The molecule has 0 aliphatic carbocycles. The van der Waals surface area contributed by atoms with Crippen molar-refractivity contribution in [3.63, 3.8) is 0 Å². The zero-order valence-electron chi connectivity index (χ0n) is 17.9. The van der Waals surface area contributed by atoms with Gasteiger partial charge in [-0.15, -0.1) is 0 Å². The topological polar surface area (TPSA) is 64.4 Å². The number of carbonyl (C=O) groups is 1. The molecule has 0 aliphatic rings. The second-order valence-corrected chi connectivity index (χ2v) is 7.66. The van der Waals surface area contributed by atoms with Crippen molar-refractivity contribution in [3.8, 4) is 17.2 Å². The third kappa shape index (κ3) is 4.93. The van der Waals surface area contributed by atoms with Crippen LogP contribution >= 0.6 is 0 Å². The second kappa shape index (κ2) is 9.40. The van der Waals surface area contributed by atoms with E-state index in [0.29, 0.717) is 24.6 Å². The highest BCUT2D eigenvalue weighted by molar-refractivity contribution is 5.94. The van der Waals surface area contributed by atoms with Gasteiger partial charge >= 0.3 is 0 Å². The minimum Gasteiger partial charge on any atom is -0.489 e. The fourth-order valence-electron chi connectivity index (χ4n) is 3.49. The molecule has 5 aromatic rings. The van der Waals surface area contributed by atoms with Crippen LogP contribution in [0.2, 0.25) is 0 Å². The molecular weight excluding hydrogens is 412 g/mol. The highest BCUT2D eigenvalue weighted by Gasteiger charge is 2.09. The van der Waals surface area contributed by atoms with Gasteiger partial charge in [-0.3, -0.25) is 4.79 Å². The fourth-order valence-corrected chi connectivity index (χ4v) is 3.49. The van der Waals surface area contributed by atoms with E-state index in [-0.39, 0.29) is 5.91 Å². The summed E-state index contributed by atoms with van der Waals surface area (Å²) in [6.07, 6.45) is 0. The monoisotopic (exact) mass is 434 g/mol. The number of aromatic nitrogens is 1. The number of nitrogens with zero attached hydrogens (tertiary/aromatic N) is 1. The Morgan fingerprint density at radius 3 is 2.27 bits per heavy atom. The maximum absolute atomic E-state index is 12.5. The van der Waals surface area contributed by atoms with Gasteiger partial charge in [0.25, 0.3) is 5.91 Å². The maximum atomic E-state index is 12.5. The molecule has 0 unspecified atom stereocenters. The SMILES string of the molecule is O=C(NCc1ccc(-c2nc3ccccc3o2)cc1)c1ccc(OCc2ccccc2)cc1. The van der Waals surface area contributed by atoms with Crippen LogP contribution in [0.25, 0.3) is 22.6 Å². The molecule has 5 heteroatoms. The summed E-state index contributed by atoms with van der Waals surface area (Å²) in [7, 11) is 0. The smallest absolute Gasteiger partial charge is 0.251 e. The Kier molecular flexibility index (Phi) is 5.85. The van der Waals surface area contributed by atoms with Crippen LogP contribution < -0.4 is 10.1 Å². The standard InChI is InChI=1S/C28H22N2O3/c31-27(22-14-16-24(17-15-22)32-19-21-6-2-1-3-7-21)29-18-20-10-12-23(13-11-20)28-30-25-8-4-5-9-26(25)33-28/h1-17H,18-19H2,(H,29,31). The summed E-state index contributed by atoms with van der Waals surface area (Å²) in [4.78, 5) is 17.0. The number of para-hydroxylation sites is 2. The highest BCUT2D eigenvalue weighted by atomic mass is 16.5. The van der Waals surface area contributed by atoms with E-state index in [1.807, 2.05) is 91.0 Å². The van der Waals surface area contributed by atoms with Crippen LogP contribution in [0, 0.1) is 0 Å². The van der Waals surface area contributed by atoms with Crippen molar-refractivity contribution in [3.05, 3.63) is 120 Å². The van der Waals surface area contributed by atoms with E-state index >= 15 is 0 Å². The molecule has 0 atom stereocenters. The molecule has 4 aromatic carbocycles. The lowest BCUT2D eigenvalue weighted by atomic mass is 10.1. The van der Waals surface area contributed by atoms with Gasteiger partial charge in [0.1, 0.15) is 17.9 Å². The number of oxazole rings is 1. The summed E-state index contributed by atoms with van der Waals surface area (Å²) < 4.78 is 11.6. The van der Waals surface area contributed by atoms with Crippen LogP contribution in [0.1, 0.15) is 21.5 Å². The lowest BCUT2D eigenvalue weighted by Gasteiger charge is -2.08. The molecule has 1 heterocycles. The molecule has 0 fully saturated rings. The summed E-state index contributed by atoms with van der Waals surface area (Å²) in [5, 5.41) is 2.95. The predicted octanol–water partition coefficient (Wildman–Crippen LogP) is 6.00. The quantitative estimate of drug-likeness (QED) is 0.341. The fraction of sp³-hybridized carbons (Fsp3) is 0.0714. The number of fused-ring (bicyclic) bond motifs is 1. The third-order valence-electron chi connectivity index (χ3n) is 5.31. The minimum atomic E-state index is -0.132. The lowest BCUT2D eigenvalue weighted by Crippen LogP contribution is -2.22. The van der Waals surface area contributed by atoms with Crippen molar-refractivity contribution in [1.82, 2.24) is 10.3 Å². The molecule has 0 saturated heterocycles. The summed E-state index contributed by atoms with van der Waals surface area (Å²) in [6, 6.07) is 32.6. The van der Waals surface area contributed by atoms with E-state index in [0.717, 1.165) is 33.5 Å². The first kappa shape index (κ1) is 20.5. The number of ether oxygens (including phenoxy) is 1. The van der Waals surface area contributed by atoms with E-state index in [2.05, 4.69) is 10.3 Å². The van der Waals surface area contributed by atoms with Crippen molar-refractivity contribution in [1.29, 1.82) is 0 Å². The lowest BCUT2D eigenvalue weighted by molar-refractivity contribution is 0.0951. The molecule has 0 saturated carbocycles. The Morgan fingerprint density at radius 2 is 1.52 bits per heavy atom. The minimum absolute atomic E-state index is 0.132. The van der Waals surface area contributed by atoms with Crippen molar-refractivity contribution in [2.24, 2.45) is 0 Å². The average molecular weight is 434 g/mol. The molecule has 0 radical (unpaired) electrons. The van der Waals surface area contributed by atoms with Gasteiger partial charge in [0.15, 0.2) is 5.58 Å². The number of nitrogens with one attached hydrogen (secondary N) is 1.